The molecule has 7 heteroatoms. The summed E-state index contributed by atoms with van der Waals surface area (Å²) in [7, 11) is 5.88. The molecule has 1 aromatic heterocycles. The third kappa shape index (κ3) is 3.30. The number of rotatable bonds is 5. The van der Waals surface area contributed by atoms with Crippen molar-refractivity contribution in [1.29, 1.82) is 5.26 Å². The van der Waals surface area contributed by atoms with Gasteiger partial charge >= 0.3 is 0 Å². The smallest absolute Gasteiger partial charge is 0.270 e. The molecule has 0 aliphatic carbocycles. The molecule has 0 aliphatic heterocycles. The summed E-state index contributed by atoms with van der Waals surface area (Å²) in [4.78, 5) is 18.9. The van der Waals surface area contributed by atoms with Crippen LogP contribution in [-0.2, 0) is 0 Å². The predicted molar refractivity (Wildman–Crippen MR) is 84.9 cm³/mol. The summed E-state index contributed by atoms with van der Waals surface area (Å²) in [5.41, 5.74) is 0.927. The number of nitro benzene ring substituents is 1. The van der Waals surface area contributed by atoms with E-state index < -0.39 is 4.92 Å². The molecule has 1 heterocycles. The van der Waals surface area contributed by atoms with Crippen LogP contribution in [0.5, 0.6) is 0 Å². The monoisotopic (exact) mass is 299 g/mol. The Morgan fingerprint density at radius 2 is 2.00 bits per heavy atom. The molecule has 1 aromatic carbocycles. The molecule has 114 valence electrons. The number of anilines is 1. The SMILES string of the molecule is CN(C)CCN(C)c1cc(C#N)c2cc([N+](=O)[O-])ccc2n1. The summed E-state index contributed by atoms with van der Waals surface area (Å²) in [6.07, 6.45) is 0. The molecular formula is C15H17N5O2. The second kappa shape index (κ2) is 6.37. The third-order valence-electron chi connectivity index (χ3n) is 3.38. The van der Waals surface area contributed by atoms with E-state index in [4.69, 9.17) is 0 Å². The lowest BCUT2D eigenvalue weighted by molar-refractivity contribution is -0.384. The topological polar surface area (TPSA) is 86.3 Å². The molecule has 2 rings (SSSR count). The normalized spacial score (nSPS) is 10.7. The number of aromatic nitrogens is 1. The fourth-order valence-electron chi connectivity index (χ4n) is 2.07. The molecule has 0 atom stereocenters. The molecule has 22 heavy (non-hydrogen) atoms. The highest BCUT2D eigenvalue weighted by Gasteiger charge is 2.13. The minimum Gasteiger partial charge on any atom is -0.358 e. The Morgan fingerprint density at radius 3 is 2.59 bits per heavy atom. The van der Waals surface area contributed by atoms with Crippen molar-refractivity contribution < 1.29 is 4.92 Å². The molecule has 0 amide bonds. The Balaban J connectivity index is 2.45. The van der Waals surface area contributed by atoms with E-state index in [0.29, 0.717) is 22.3 Å². The van der Waals surface area contributed by atoms with Crippen LogP contribution in [-0.4, -0.2) is 49.0 Å². The molecule has 0 fully saturated rings. The van der Waals surface area contributed by atoms with E-state index in [1.807, 2.05) is 26.0 Å². The van der Waals surface area contributed by atoms with Crippen molar-refractivity contribution in [2.75, 3.05) is 39.1 Å². The van der Waals surface area contributed by atoms with E-state index in [1.54, 1.807) is 12.1 Å². The maximum atomic E-state index is 10.9. The zero-order valence-electron chi connectivity index (χ0n) is 12.8. The maximum absolute atomic E-state index is 10.9. The van der Waals surface area contributed by atoms with Gasteiger partial charge in [0.05, 0.1) is 22.1 Å². The van der Waals surface area contributed by atoms with Crippen LogP contribution in [0.1, 0.15) is 5.56 Å². The first-order valence-corrected chi connectivity index (χ1v) is 6.77. The molecule has 0 radical (unpaired) electrons. The van der Waals surface area contributed by atoms with Crippen LogP contribution in [0.2, 0.25) is 0 Å². The van der Waals surface area contributed by atoms with Gasteiger partial charge in [0.25, 0.3) is 5.69 Å². The lowest BCUT2D eigenvalue weighted by Crippen LogP contribution is -2.29. The second-order valence-electron chi connectivity index (χ2n) is 5.32. The predicted octanol–water partition coefficient (Wildman–Crippen LogP) is 2.01. The number of nitriles is 1. The Bertz CT molecular complexity index is 751. The van der Waals surface area contributed by atoms with Gasteiger partial charge in [0.1, 0.15) is 5.82 Å². The van der Waals surface area contributed by atoms with E-state index in [-0.39, 0.29) is 5.69 Å². The number of likely N-dealkylation sites (N-methyl/N-ethyl adjacent to an activating group) is 2. The molecule has 0 spiro atoms. The lowest BCUT2D eigenvalue weighted by Gasteiger charge is -2.21. The summed E-state index contributed by atoms with van der Waals surface area (Å²) in [5, 5.41) is 20.7. The van der Waals surface area contributed by atoms with Crippen LogP contribution < -0.4 is 4.90 Å². The summed E-state index contributed by atoms with van der Waals surface area (Å²) < 4.78 is 0. The van der Waals surface area contributed by atoms with Crippen molar-refractivity contribution in [3.63, 3.8) is 0 Å². The Hall–Kier alpha value is -2.72. The Morgan fingerprint density at radius 1 is 1.27 bits per heavy atom. The standard InChI is InChI=1S/C15H17N5O2/c1-18(2)6-7-19(3)15-8-11(10-16)13-9-12(20(21)22)4-5-14(13)17-15/h4-5,8-9H,6-7H2,1-3H3. The van der Waals surface area contributed by atoms with Gasteiger partial charge in [-0.3, -0.25) is 10.1 Å². The number of hydrogen-bond donors (Lipinski definition) is 0. The summed E-state index contributed by atoms with van der Waals surface area (Å²) in [6, 6.07) is 8.14. The van der Waals surface area contributed by atoms with Crippen molar-refractivity contribution in [1.82, 2.24) is 9.88 Å². The van der Waals surface area contributed by atoms with E-state index in [9.17, 15) is 15.4 Å². The summed E-state index contributed by atoms with van der Waals surface area (Å²) in [5.74, 6) is 0.680. The average Bonchev–Trinajstić information content (AvgIpc) is 2.50. The van der Waals surface area contributed by atoms with E-state index in [1.165, 1.54) is 12.1 Å². The molecule has 2 aromatic rings. The zero-order valence-corrected chi connectivity index (χ0v) is 12.8. The molecule has 0 unspecified atom stereocenters. The van der Waals surface area contributed by atoms with E-state index in [2.05, 4.69) is 16.0 Å². The third-order valence-corrected chi connectivity index (χ3v) is 3.38. The van der Waals surface area contributed by atoms with Crippen molar-refractivity contribution in [2.24, 2.45) is 0 Å². The van der Waals surface area contributed by atoms with Crippen LogP contribution >= 0.6 is 0 Å². The quantitative estimate of drug-likeness (QED) is 0.620. The Labute approximate surface area is 128 Å². The molecule has 0 aliphatic rings. The number of nitrogens with zero attached hydrogens (tertiary/aromatic N) is 5. The van der Waals surface area contributed by atoms with Crippen molar-refractivity contribution in [3.8, 4) is 6.07 Å². The fourth-order valence-corrected chi connectivity index (χ4v) is 2.07. The lowest BCUT2D eigenvalue weighted by atomic mass is 10.1. The highest BCUT2D eigenvalue weighted by molar-refractivity contribution is 5.88. The van der Waals surface area contributed by atoms with Crippen LogP contribution in [0.3, 0.4) is 0 Å². The number of nitro groups is 1. The van der Waals surface area contributed by atoms with Crippen LogP contribution in [0, 0.1) is 21.4 Å². The molecule has 0 bridgehead atoms. The van der Waals surface area contributed by atoms with Gasteiger partial charge in [-0.15, -0.1) is 0 Å². The van der Waals surface area contributed by atoms with E-state index >= 15 is 0 Å². The van der Waals surface area contributed by atoms with Gasteiger partial charge in [0, 0.05) is 37.7 Å². The number of pyridine rings is 1. The first kappa shape index (κ1) is 15.7. The highest BCUT2D eigenvalue weighted by atomic mass is 16.6. The second-order valence-corrected chi connectivity index (χ2v) is 5.32. The average molecular weight is 299 g/mol. The largest absolute Gasteiger partial charge is 0.358 e. The molecule has 0 saturated heterocycles. The first-order chi connectivity index (χ1) is 10.4. The minimum atomic E-state index is -0.474. The number of benzene rings is 1. The van der Waals surface area contributed by atoms with Gasteiger partial charge in [0.15, 0.2) is 0 Å². The summed E-state index contributed by atoms with van der Waals surface area (Å²) in [6.45, 7) is 1.63. The molecule has 0 N–H and O–H groups in total. The van der Waals surface area contributed by atoms with Gasteiger partial charge in [-0.25, -0.2) is 4.98 Å². The molecular weight excluding hydrogens is 282 g/mol. The fraction of sp³-hybridized carbons (Fsp3) is 0.333. The van der Waals surface area contributed by atoms with Crippen LogP contribution in [0.15, 0.2) is 24.3 Å². The molecule has 7 nitrogen and oxygen atoms in total. The van der Waals surface area contributed by atoms with Crippen molar-refractivity contribution in [3.05, 3.63) is 39.9 Å². The number of hydrogen-bond acceptors (Lipinski definition) is 6. The van der Waals surface area contributed by atoms with Crippen LogP contribution in [0.4, 0.5) is 11.5 Å². The van der Waals surface area contributed by atoms with Gasteiger partial charge in [-0.05, 0) is 26.2 Å². The van der Waals surface area contributed by atoms with E-state index in [0.717, 1.165) is 13.1 Å². The summed E-state index contributed by atoms with van der Waals surface area (Å²) >= 11 is 0. The maximum Gasteiger partial charge on any atom is 0.270 e. The van der Waals surface area contributed by atoms with Gasteiger partial charge in [0.2, 0.25) is 0 Å². The number of non-ortho nitro benzene ring substituents is 1. The van der Waals surface area contributed by atoms with Crippen molar-refractivity contribution >= 4 is 22.4 Å². The van der Waals surface area contributed by atoms with Gasteiger partial charge in [-0.1, -0.05) is 0 Å². The van der Waals surface area contributed by atoms with Crippen molar-refractivity contribution in [2.45, 2.75) is 0 Å². The zero-order chi connectivity index (χ0) is 16.3. The minimum absolute atomic E-state index is 0.0421. The van der Waals surface area contributed by atoms with Crippen LogP contribution in [0.25, 0.3) is 10.9 Å². The number of fused-ring (bicyclic) bond motifs is 1. The first-order valence-electron chi connectivity index (χ1n) is 6.77. The van der Waals surface area contributed by atoms with Gasteiger partial charge < -0.3 is 9.80 Å². The Kier molecular flexibility index (Phi) is 4.53. The van der Waals surface area contributed by atoms with Gasteiger partial charge in [-0.2, -0.15) is 5.26 Å². The highest BCUT2D eigenvalue weighted by Crippen LogP contribution is 2.25. The molecule has 0 saturated carbocycles.